The minimum atomic E-state index is -1.41. The first-order valence-corrected chi connectivity index (χ1v) is 14.2. The molecule has 0 unspecified atom stereocenters. The van der Waals surface area contributed by atoms with Crippen LogP contribution in [0.25, 0.3) is 0 Å². The van der Waals surface area contributed by atoms with Gasteiger partial charge in [0.1, 0.15) is 24.3 Å². The number of ether oxygens (including phenoxy) is 4. The molecule has 9 heteroatoms. The van der Waals surface area contributed by atoms with Crippen molar-refractivity contribution in [3.05, 3.63) is 138 Å². The molecule has 0 aromatic heterocycles. The fourth-order valence-electron chi connectivity index (χ4n) is 4.38. The van der Waals surface area contributed by atoms with Crippen molar-refractivity contribution >= 4 is 29.7 Å². The summed E-state index contributed by atoms with van der Waals surface area (Å²) in [5.74, 6) is -2.04. The van der Waals surface area contributed by atoms with Crippen LogP contribution in [0.5, 0.6) is 0 Å². The number of hydrogen-bond acceptors (Lipinski definition) is 9. The van der Waals surface area contributed by atoms with Crippen molar-refractivity contribution in [1.82, 2.24) is 0 Å². The molecule has 0 bridgehead atoms. The van der Waals surface area contributed by atoms with E-state index in [9.17, 15) is 19.5 Å². The molecule has 5 rings (SSSR count). The number of aliphatic hydroxyl groups is 1. The SMILES string of the molecule is O=C(OC[C@H]1O[C@@H](Sc2ccccc2)[C@@H](O)[C@@H](OC(=O)c2ccccc2)[C@@H]1OC(=O)c1ccccc1)c1ccccc1. The standard InChI is InChI=1S/C33H28O8S/c34-27-29(41-32(37)24-17-9-3-10-18-24)28(40-31(36)23-15-7-2-8-16-23)26(21-38-30(35)22-13-5-1-6-14-22)39-33(27)42-25-19-11-4-12-20-25/h1-20,26-29,33-34H,21H2/t26-,27+,28-,29-,33+/m1/s1. The molecule has 0 spiro atoms. The Morgan fingerprint density at radius 2 is 1.05 bits per heavy atom. The summed E-state index contributed by atoms with van der Waals surface area (Å²) in [7, 11) is 0. The van der Waals surface area contributed by atoms with Crippen molar-refractivity contribution in [2.24, 2.45) is 0 Å². The molecule has 42 heavy (non-hydrogen) atoms. The fraction of sp³-hybridized carbons (Fsp3) is 0.182. The second kappa shape index (κ2) is 14.0. The molecule has 0 saturated carbocycles. The molecule has 1 fully saturated rings. The number of thioether (sulfide) groups is 1. The molecule has 1 aliphatic rings. The molecule has 5 atom stereocenters. The summed E-state index contributed by atoms with van der Waals surface area (Å²) in [5.41, 5.74) is -0.119. The number of aliphatic hydroxyl groups excluding tert-OH is 1. The van der Waals surface area contributed by atoms with E-state index in [-0.39, 0.29) is 17.7 Å². The van der Waals surface area contributed by atoms with Crippen LogP contribution in [0.1, 0.15) is 31.1 Å². The number of benzene rings is 4. The smallest absolute Gasteiger partial charge is 0.338 e. The number of carbonyl (C=O) groups excluding carboxylic acids is 3. The summed E-state index contributed by atoms with van der Waals surface area (Å²) in [6, 6.07) is 34.2. The lowest BCUT2D eigenvalue weighted by Gasteiger charge is -2.43. The van der Waals surface area contributed by atoms with Gasteiger partial charge in [-0.3, -0.25) is 0 Å². The van der Waals surface area contributed by atoms with Crippen LogP contribution in [0, 0.1) is 0 Å². The van der Waals surface area contributed by atoms with Gasteiger partial charge in [-0.2, -0.15) is 0 Å². The zero-order chi connectivity index (χ0) is 29.3. The Labute approximate surface area is 247 Å². The molecule has 0 amide bonds. The molecular formula is C33H28O8S. The van der Waals surface area contributed by atoms with Crippen LogP contribution >= 0.6 is 11.8 Å². The maximum atomic E-state index is 13.2. The van der Waals surface area contributed by atoms with Crippen molar-refractivity contribution in [1.29, 1.82) is 0 Å². The third-order valence-corrected chi connectivity index (χ3v) is 7.67. The third kappa shape index (κ3) is 7.25. The van der Waals surface area contributed by atoms with Gasteiger partial charge < -0.3 is 24.1 Å². The topological polar surface area (TPSA) is 108 Å². The lowest BCUT2D eigenvalue weighted by molar-refractivity contribution is -0.206. The summed E-state index contributed by atoms with van der Waals surface area (Å²) in [5, 5.41) is 11.5. The van der Waals surface area contributed by atoms with E-state index in [0.29, 0.717) is 5.56 Å². The molecule has 1 aliphatic heterocycles. The molecule has 1 saturated heterocycles. The molecule has 1 N–H and O–H groups in total. The van der Waals surface area contributed by atoms with Gasteiger partial charge in [-0.25, -0.2) is 14.4 Å². The van der Waals surface area contributed by atoms with Crippen molar-refractivity contribution in [2.45, 2.75) is 34.7 Å². The summed E-state index contributed by atoms with van der Waals surface area (Å²) < 4.78 is 23.5. The molecule has 214 valence electrons. The largest absolute Gasteiger partial charge is 0.459 e. The normalized spacial score (nSPS) is 21.6. The molecule has 4 aromatic rings. The van der Waals surface area contributed by atoms with E-state index in [0.717, 1.165) is 4.90 Å². The van der Waals surface area contributed by atoms with Crippen molar-refractivity contribution in [2.75, 3.05) is 6.61 Å². The van der Waals surface area contributed by atoms with Crippen molar-refractivity contribution in [3.8, 4) is 0 Å². The van der Waals surface area contributed by atoms with Crippen LogP contribution in [0.15, 0.2) is 126 Å². The van der Waals surface area contributed by atoms with Crippen LogP contribution in [0.2, 0.25) is 0 Å². The van der Waals surface area contributed by atoms with E-state index in [4.69, 9.17) is 18.9 Å². The van der Waals surface area contributed by atoms with Crippen molar-refractivity contribution in [3.63, 3.8) is 0 Å². The Balaban J connectivity index is 1.46. The Morgan fingerprint density at radius 3 is 1.55 bits per heavy atom. The van der Waals surface area contributed by atoms with E-state index >= 15 is 0 Å². The van der Waals surface area contributed by atoms with Gasteiger partial charge in [-0.1, -0.05) is 84.6 Å². The molecule has 4 aromatic carbocycles. The average molecular weight is 585 g/mol. The Kier molecular flexibility index (Phi) is 9.66. The highest BCUT2D eigenvalue weighted by molar-refractivity contribution is 7.99. The predicted octanol–water partition coefficient (Wildman–Crippen LogP) is 5.17. The number of carbonyl (C=O) groups is 3. The molecule has 0 radical (unpaired) electrons. The monoisotopic (exact) mass is 584 g/mol. The lowest BCUT2D eigenvalue weighted by atomic mass is 9.99. The Morgan fingerprint density at radius 1 is 0.619 bits per heavy atom. The summed E-state index contributed by atoms with van der Waals surface area (Å²) in [6.07, 6.45) is -5.14. The lowest BCUT2D eigenvalue weighted by Crippen LogP contribution is -2.60. The minimum Gasteiger partial charge on any atom is -0.459 e. The zero-order valence-electron chi connectivity index (χ0n) is 22.4. The van der Waals surface area contributed by atoms with Gasteiger partial charge in [-0.05, 0) is 48.5 Å². The van der Waals surface area contributed by atoms with Crippen LogP contribution < -0.4 is 0 Å². The van der Waals surface area contributed by atoms with E-state index in [1.54, 1.807) is 91.0 Å². The second-order valence-electron chi connectivity index (χ2n) is 9.40. The molecular weight excluding hydrogens is 556 g/mol. The average Bonchev–Trinajstić information content (AvgIpc) is 3.04. The molecule has 0 aliphatic carbocycles. The van der Waals surface area contributed by atoms with Gasteiger partial charge in [0, 0.05) is 4.90 Å². The molecule has 1 heterocycles. The van der Waals surface area contributed by atoms with Gasteiger partial charge in [0.15, 0.2) is 12.2 Å². The van der Waals surface area contributed by atoms with Crippen LogP contribution in [-0.4, -0.2) is 59.5 Å². The van der Waals surface area contributed by atoms with Crippen LogP contribution in [-0.2, 0) is 18.9 Å². The third-order valence-electron chi connectivity index (χ3n) is 6.50. The summed E-state index contributed by atoms with van der Waals surface area (Å²) in [4.78, 5) is 39.9. The minimum absolute atomic E-state index is 0.251. The number of hydrogen-bond donors (Lipinski definition) is 1. The molecule has 8 nitrogen and oxygen atoms in total. The van der Waals surface area contributed by atoms with E-state index < -0.39 is 47.8 Å². The van der Waals surface area contributed by atoms with Crippen LogP contribution in [0.4, 0.5) is 0 Å². The predicted molar refractivity (Wildman–Crippen MR) is 155 cm³/mol. The second-order valence-corrected chi connectivity index (χ2v) is 10.6. The van der Waals surface area contributed by atoms with E-state index in [2.05, 4.69) is 0 Å². The maximum absolute atomic E-state index is 13.2. The van der Waals surface area contributed by atoms with Crippen molar-refractivity contribution < 1.29 is 38.4 Å². The zero-order valence-corrected chi connectivity index (χ0v) is 23.2. The maximum Gasteiger partial charge on any atom is 0.338 e. The first kappa shape index (κ1) is 29.1. The quantitative estimate of drug-likeness (QED) is 0.210. The van der Waals surface area contributed by atoms with Gasteiger partial charge in [0.25, 0.3) is 0 Å². The van der Waals surface area contributed by atoms with E-state index in [1.165, 1.54) is 11.8 Å². The van der Waals surface area contributed by atoms with Crippen LogP contribution in [0.3, 0.4) is 0 Å². The van der Waals surface area contributed by atoms with E-state index in [1.807, 2.05) is 30.3 Å². The highest BCUT2D eigenvalue weighted by Gasteiger charge is 2.50. The van der Waals surface area contributed by atoms with Gasteiger partial charge >= 0.3 is 17.9 Å². The first-order valence-electron chi connectivity index (χ1n) is 13.3. The van der Waals surface area contributed by atoms with Gasteiger partial charge in [-0.15, -0.1) is 0 Å². The Hall–Kier alpha value is -4.44. The van der Waals surface area contributed by atoms with Gasteiger partial charge in [0.05, 0.1) is 16.7 Å². The highest BCUT2D eigenvalue weighted by Crippen LogP contribution is 2.36. The Bertz CT molecular complexity index is 1470. The summed E-state index contributed by atoms with van der Waals surface area (Å²) >= 11 is 1.21. The summed E-state index contributed by atoms with van der Waals surface area (Å²) in [6.45, 7) is -0.335. The highest BCUT2D eigenvalue weighted by atomic mass is 32.2. The van der Waals surface area contributed by atoms with Gasteiger partial charge in [0.2, 0.25) is 0 Å². The number of esters is 3. The number of rotatable bonds is 9. The first-order chi connectivity index (χ1) is 20.5. The fourth-order valence-corrected chi connectivity index (χ4v) is 5.46.